The SMILES string of the molecule is CCCCNNS(=O)(=O)c1cccc(Cl)c1C(=O)OC. The third-order valence-corrected chi connectivity index (χ3v) is 4.16. The first kappa shape index (κ1) is 16.9. The Hall–Kier alpha value is -1.15. The molecule has 1 aromatic carbocycles. The minimum atomic E-state index is -3.90. The molecule has 0 bridgehead atoms. The summed E-state index contributed by atoms with van der Waals surface area (Å²) in [6, 6.07) is 4.18. The van der Waals surface area contributed by atoms with Crippen molar-refractivity contribution in [2.24, 2.45) is 0 Å². The fourth-order valence-corrected chi connectivity index (χ4v) is 2.92. The lowest BCUT2D eigenvalue weighted by Crippen LogP contribution is -2.38. The minimum absolute atomic E-state index is 0.0216. The number of hydrazine groups is 1. The van der Waals surface area contributed by atoms with Gasteiger partial charge >= 0.3 is 5.97 Å². The molecule has 0 saturated heterocycles. The Morgan fingerprint density at radius 1 is 1.40 bits per heavy atom. The summed E-state index contributed by atoms with van der Waals surface area (Å²) in [7, 11) is -2.73. The van der Waals surface area contributed by atoms with Crippen molar-refractivity contribution in [1.82, 2.24) is 10.3 Å². The van der Waals surface area contributed by atoms with Gasteiger partial charge in [0.1, 0.15) is 0 Å². The molecule has 0 atom stereocenters. The van der Waals surface area contributed by atoms with Crippen LogP contribution in [0.5, 0.6) is 0 Å². The minimum Gasteiger partial charge on any atom is -0.465 e. The van der Waals surface area contributed by atoms with Gasteiger partial charge in [-0.1, -0.05) is 31.0 Å². The smallest absolute Gasteiger partial charge is 0.340 e. The Bertz CT molecular complexity index is 575. The van der Waals surface area contributed by atoms with E-state index in [4.69, 9.17) is 11.6 Å². The van der Waals surface area contributed by atoms with Gasteiger partial charge in [0.2, 0.25) is 0 Å². The van der Waals surface area contributed by atoms with Crippen LogP contribution in [0.3, 0.4) is 0 Å². The van der Waals surface area contributed by atoms with Gasteiger partial charge in [-0.2, -0.15) is 0 Å². The molecule has 0 saturated carbocycles. The predicted molar refractivity (Wildman–Crippen MR) is 76.0 cm³/mol. The molecule has 1 aromatic rings. The van der Waals surface area contributed by atoms with Crippen molar-refractivity contribution in [2.45, 2.75) is 24.7 Å². The molecule has 8 heteroatoms. The zero-order valence-corrected chi connectivity index (χ0v) is 12.8. The molecule has 20 heavy (non-hydrogen) atoms. The summed E-state index contributed by atoms with van der Waals surface area (Å²) in [4.78, 5) is 13.6. The van der Waals surface area contributed by atoms with Crippen molar-refractivity contribution in [1.29, 1.82) is 0 Å². The summed E-state index contributed by atoms with van der Waals surface area (Å²) in [6.45, 7) is 2.48. The molecule has 0 spiro atoms. The van der Waals surface area contributed by atoms with Gasteiger partial charge in [0.25, 0.3) is 10.0 Å². The molecular weight excluding hydrogens is 304 g/mol. The first-order valence-electron chi connectivity index (χ1n) is 6.05. The molecule has 0 heterocycles. The number of halogens is 1. The van der Waals surface area contributed by atoms with Crippen LogP contribution in [0.15, 0.2) is 23.1 Å². The molecule has 0 radical (unpaired) electrons. The van der Waals surface area contributed by atoms with Crippen molar-refractivity contribution >= 4 is 27.6 Å². The number of rotatable bonds is 7. The number of carbonyl (C=O) groups excluding carboxylic acids is 1. The van der Waals surface area contributed by atoms with Crippen LogP contribution in [-0.2, 0) is 14.8 Å². The van der Waals surface area contributed by atoms with Crippen molar-refractivity contribution in [3.05, 3.63) is 28.8 Å². The van der Waals surface area contributed by atoms with Crippen LogP contribution >= 0.6 is 11.6 Å². The zero-order chi connectivity index (χ0) is 15.2. The van der Waals surface area contributed by atoms with Crippen molar-refractivity contribution < 1.29 is 17.9 Å². The molecule has 1 rings (SSSR count). The maximum Gasteiger partial charge on any atom is 0.340 e. The molecule has 0 aliphatic carbocycles. The first-order chi connectivity index (χ1) is 9.44. The average Bonchev–Trinajstić information content (AvgIpc) is 2.42. The van der Waals surface area contributed by atoms with Crippen LogP contribution in [-0.4, -0.2) is 28.0 Å². The molecular formula is C12H17ClN2O4S. The van der Waals surface area contributed by atoms with Crippen LogP contribution in [0.25, 0.3) is 0 Å². The highest BCUT2D eigenvalue weighted by Crippen LogP contribution is 2.24. The van der Waals surface area contributed by atoms with E-state index in [1.165, 1.54) is 18.2 Å². The molecule has 6 nitrogen and oxygen atoms in total. The maximum atomic E-state index is 12.1. The van der Waals surface area contributed by atoms with E-state index >= 15 is 0 Å². The van der Waals surface area contributed by atoms with Crippen LogP contribution in [0.1, 0.15) is 30.1 Å². The molecule has 0 aliphatic heterocycles. The summed E-state index contributed by atoms with van der Waals surface area (Å²) in [5, 5.41) is 0.0216. The molecule has 0 fully saturated rings. The Kier molecular flexibility index (Phi) is 6.41. The second kappa shape index (κ2) is 7.58. The van der Waals surface area contributed by atoms with Gasteiger partial charge in [-0.3, -0.25) is 0 Å². The number of unbranched alkanes of at least 4 members (excludes halogenated alkanes) is 1. The number of hydrogen-bond acceptors (Lipinski definition) is 5. The lowest BCUT2D eigenvalue weighted by molar-refractivity contribution is 0.0596. The summed E-state index contributed by atoms with van der Waals surface area (Å²) in [6.07, 6.45) is 1.75. The second-order valence-corrected chi connectivity index (χ2v) is 6.05. The van der Waals surface area contributed by atoms with Gasteiger partial charge in [-0.15, -0.1) is 4.83 Å². The van der Waals surface area contributed by atoms with Gasteiger partial charge < -0.3 is 4.74 Å². The number of hydrogen-bond donors (Lipinski definition) is 2. The average molecular weight is 321 g/mol. The second-order valence-electron chi connectivity index (χ2n) is 3.99. The number of nitrogens with one attached hydrogen (secondary N) is 2. The van der Waals surface area contributed by atoms with Crippen molar-refractivity contribution in [3.63, 3.8) is 0 Å². The van der Waals surface area contributed by atoms with E-state index in [1.807, 2.05) is 6.92 Å². The van der Waals surface area contributed by atoms with Crippen molar-refractivity contribution in [2.75, 3.05) is 13.7 Å². The third kappa shape index (κ3) is 4.17. The van der Waals surface area contributed by atoms with Crippen LogP contribution in [0, 0.1) is 0 Å². The Morgan fingerprint density at radius 3 is 2.70 bits per heavy atom. The van der Waals surface area contributed by atoms with Gasteiger partial charge in [0, 0.05) is 6.54 Å². The van der Waals surface area contributed by atoms with E-state index in [1.54, 1.807) is 0 Å². The Labute approximate surface area is 123 Å². The number of ether oxygens (including phenoxy) is 1. The van der Waals surface area contributed by atoms with Crippen LogP contribution in [0.2, 0.25) is 5.02 Å². The third-order valence-electron chi connectivity index (χ3n) is 2.52. The molecule has 0 aromatic heterocycles. The first-order valence-corrected chi connectivity index (χ1v) is 7.91. The van der Waals surface area contributed by atoms with Gasteiger partial charge in [0.15, 0.2) is 0 Å². The largest absolute Gasteiger partial charge is 0.465 e. The van der Waals surface area contributed by atoms with E-state index in [2.05, 4.69) is 15.0 Å². The van der Waals surface area contributed by atoms with E-state index in [9.17, 15) is 13.2 Å². The number of methoxy groups -OCH3 is 1. The van der Waals surface area contributed by atoms with Gasteiger partial charge in [-0.05, 0) is 18.6 Å². The van der Waals surface area contributed by atoms with Crippen molar-refractivity contribution in [3.8, 4) is 0 Å². The van der Waals surface area contributed by atoms with E-state index in [-0.39, 0.29) is 15.5 Å². The fourth-order valence-electron chi connectivity index (χ4n) is 1.49. The number of esters is 1. The summed E-state index contributed by atoms with van der Waals surface area (Å²) >= 11 is 5.88. The fraction of sp³-hybridized carbons (Fsp3) is 0.417. The standard InChI is InChI=1S/C12H17ClN2O4S/c1-3-4-8-14-15-20(17,18)10-7-5-6-9(13)11(10)12(16)19-2/h5-7,14-15H,3-4,8H2,1-2H3. The monoisotopic (exact) mass is 320 g/mol. The zero-order valence-electron chi connectivity index (χ0n) is 11.3. The highest BCUT2D eigenvalue weighted by Gasteiger charge is 2.25. The molecule has 0 unspecified atom stereocenters. The maximum absolute atomic E-state index is 12.1. The number of sulfonamides is 1. The summed E-state index contributed by atoms with van der Waals surface area (Å²) in [5.74, 6) is -0.801. The van der Waals surface area contributed by atoms with E-state index in [0.717, 1.165) is 20.0 Å². The van der Waals surface area contributed by atoms with E-state index < -0.39 is 16.0 Å². The summed E-state index contributed by atoms with van der Waals surface area (Å²) < 4.78 is 28.9. The number of benzene rings is 1. The topological polar surface area (TPSA) is 84.5 Å². The van der Waals surface area contributed by atoms with Gasteiger partial charge in [-0.25, -0.2) is 18.6 Å². The van der Waals surface area contributed by atoms with Crippen LogP contribution in [0.4, 0.5) is 0 Å². The normalized spacial score (nSPS) is 11.3. The molecule has 2 N–H and O–H groups in total. The summed E-state index contributed by atoms with van der Waals surface area (Å²) in [5.41, 5.74) is 2.42. The van der Waals surface area contributed by atoms with Crippen LogP contribution < -0.4 is 10.3 Å². The lowest BCUT2D eigenvalue weighted by atomic mass is 10.2. The Balaban J connectivity index is 3.06. The highest BCUT2D eigenvalue weighted by molar-refractivity contribution is 7.89. The molecule has 0 aliphatic rings. The molecule has 0 amide bonds. The highest BCUT2D eigenvalue weighted by atomic mass is 35.5. The van der Waals surface area contributed by atoms with Gasteiger partial charge in [0.05, 0.1) is 22.6 Å². The predicted octanol–water partition coefficient (Wildman–Crippen LogP) is 1.71. The quantitative estimate of drug-likeness (QED) is 0.454. The lowest BCUT2D eigenvalue weighted by Gasteiger charge is -2.12. The van der Waals surface area contributed by atoms with E-state index in [0.29, 0.717) is 6.54 Å². The Morgan fingerprint density at radius 2 is 2.10 bits per heavy atom. The number of carbonyl (C=O) groups is 1. The molecule has 112 valence electrons.